The molecule has 0 spiro atoms. The number of phenolic OH excluding ortho intramolecular Hbond substituents is 1. The fourth-order valence-electron chi connectivity index (χ4n) is 5.72. The van der Waals surface area contributed by atoms with Gasteiger partial charge in [0.15, 0.2) is 5.82 Å². The molecule has 6 rings (SSSR count). The predicted octanol–water partition coefficient (Wildman–Crippen LogP) is 4.40. The molecule has 7 nitrogen and oxygen atoms in total. The molecule has 0 radical (unpaired) electrons. The number of nitrogen functional groups attached to an aromatic ring is 1. The fraction of sp³-hybridized carbons (Fsp3) is 0.296. The number of pyridine rings is 1. The Morgan fingerprint density at radius 2 is 1.94 bits per heavy atom. The van der Waals surface area contributed by atoms with Gasteiger partial charge in [-0.15, -0.1) is 6.42 Å². The average Bonchev–Trinajstić information content (AvgIpc) is 3.44. The summed E-state index contributed by atoms with van der Waals surface area (Å²) in [5.41, 5.74) is 5.95. The molecule has 2 aromatic heterocycles. The Labute approximate surface area is 205 Å². The van der Waals surface area contributed by atoms with E-state index in [9.17, 15) is 9.50 Å². The third-order valence-electron chi connectivity index (χ3n) is 7.43. The minimum Gasteiger partial charge on any atom is -0.508 e. The molecule has 2 fully saturated rings. The summed E-state index contributed by atoms with van der Waals surface area (Å²) in [6, 6.07) is 5.39. The number of rotatable bonds is 4. The highest BCUT2D eigenvalue weighted by molar-refractivity contribution is 6.02. The third-order valence-corrected chi connectivity index (χ3v) is 7.43. The summed E-state index contributed by atoms with van der Waals surface area (Å²) in [6.45, 7) is 2.50. The number of hydrogen-bond acceptors (Lipinski definition) is 7. The van der Waals surface area contributed by atoms with Crippen LogP contribution in [0.15, 0.2) is 30.5 Å². The zero-order valence-electron chi connectivity index (χ0n) is 19.4. The van der Waals surface area contributed by atoms with E-state index in [0.717, 1.165) is 38.8 Å². The summed E-state index contributed by atoms with van der Waals surface area (Å²) in [7, 11) is 0. The molecule has 36 heavy (non-hydrogen) atoms. The first kappa shape index (κ1) is 22.4. The highest BCUT2D eigenvalue weighted by Gasteiger charge is 2.45. The molecule has 2 saturated heterocycles. The molecule has 4 heterocycles. The van der Waals surface area contributed by atoms with E-state index in [0.29, 0.717) is 12.0 Å². The molecular weight excluding hydrogens is 464 g/mol. The number of hydrogen-bond donors (Lipinski definition) is 2. The summed E-state index contributed by atoms with van der Waals surface area (Å²) < 4.78 is 36.4. The molecule has 2 aliphatic heterocycles. The van der Waals surface area contributed by atoms with E-state index in [-0.39, 0.29) is 56.2 Å². The van der Waals surface area contributed by atoms with Crippen molar-refractivity contribution in [2.75, 3.05) is 25.4 Å². The third kappa shape index (κ3) is 3.40. The topological polar surface area (TPSA) is 97.4 Å². The Morgan fingerprint density at radius 1 is 1.17 bits per heavy atom. The lowest BCUT2D eigenvalue weighted by atomic mass is 9.95. The Hall–Kier alpha value is -4.03. The van der Waals surface area contributed by atoms with Crippen molar-refractivity contribution in [3.63, 3.8) is 0 Å². The Bertz CT molecular complexity index is 1570. The first-order valence-electron chi connectivity index (χ1n) is 11.8. The van der Waals surface area contributed by atoms with Crippen LogP contribution >= 0.6 is 0 Å². The van der Waals surface area contributed by atoms with Gasteiger partial charge >= 0.3 is 6.01 Å². The smallest absolute Gasteiger partial charge is 0.319 e. The van der Waals surface area contributed by atoms with Gasteiger partial charge in [0.05, 0.1) is 16.5 Å². The van der Waals surface area contributed by atoms with Crippen molar-refractivity contribution in [2.24, 2.45) is 0 Å². The number of aromatic nitrogens is 3. The molecule has 0 saturated carbocycles. The number of halogens is 2. The van der Waals surface area contributed by atoms with Crippen LogP contribution in [0.25, 0.3) is 32.9 Å². The molecule has 182 valence electrons. The largest absolute Gasteiger partial charge is 0.508 e. The van der Waals surface area contributed by atoms with Crippen molar-refractivity contribution >= 4 is 27.5 Å². The number of anilines is 1. The number of nitrogens with zero attached hydrogens (tertiary/aromatic N) is 4. The van der Waals surface area contributed by atoms with Gasteiger partial charge in [-0.1, -0.05) is 12.0 Å². The van der Waals surface area contributed by atoms with E-state index in [4.69, 9.17) is 16.9 Å². The summed E-state index contributed by atoms with van der Waals surface area (Å²) in [5, 5.41) is 11.2. The summed E-state index contributed by atoms with van der Waals surface area (Å²) in [4.78, 5) is 15.2. The van der Waals surface area contributed by atoms with Crippen LogP contribution in [0.5, 0.6) is 11.8 Å². The minimum atomic E-state index is -0.799. The van der Waals surface area contributed by atoms with E-state index in [1.54, 1.807) is 0 Å². The SMILES string of the molecule is C#Cc1c(F)ccc2cc(O)cc(-c3ncc4c(N)nc(OCC56CCCN5CCC6)nc4c3F)c12. The van der Waals surface area contributed by atoms with Gasteiger partial charge in [-0.05, 0) is 62.4 Å². The lowest BCUT2D eigenvalue weighted by Gasteiger charge is -2.31. The highest BCUT2D eigenvalue weighted by atomic mass is 19.1. The molecule has 4 aromatic rings. The number of phenols is 1. The number of benzene rings is 2. The van der Waals surface area contributed by atoms with Gasteiger partial charge in [0, 0.05) is 17.1 Å². The fourth-order valence-corrected chi connectivity index (χ4v) is 5.72. The first-order chi connectivity index (χ1) is 17.4. The Kier molecular flexibility index (Phi) is 5.16. The standard InChI is InChI=1S/C27H23F2N5O2/c1-2-17-20(28)6-5-15-11-16(35)12-18(21(15)17)23-22(29)24-19(13-31-23)25(30)33-26(32-24)36-14-27-7-3-9-34(27)10-4-8-27/h1,5-6,11-13,35H,3-4,7-10,14H2,(H2,30,32,33). The zero-order chi connectivity index (χ0) is 25.0. The second-order valence-corrected chi connectivity index (χ2v) is 9.44. The van der Waals surface area contributed by atoms with Crippen molar-refractivity contribution in [3.05, 3.63) is 47.7 Å². The van der Waals surface area contributed by atoms with Crippen LogP contribution in [0.1, 0.15) is 31.2 Å². The van der Waals surface area contributed by atoms with Gasteiger partial charge in [-0.25, -0.2) is 8.78 Å². The molecule has 3 N–H and O–H groups in total. The maximum Gasteiger partial charge on any atom is 0.319 e. The van der Waals surface area contributed by atoms with E-state index in [2.05, 4.69) is 25.8 Å². The number of aromatic hydroxyl groups is 1. The normalized spacial score (nSPS) is 16.9. The molecule has 0 bridgehead atoms. The van der Waals surface area contributed by atoms with E-state index in [1.165, 1.54) is 30.5 Å². The zero-order valence-corrected chi connectivity index (χ0v) is 19.4. The lowest BCUT2D eigenvalue weighted by molar-refractivity contribution is 0.108. The summed E-state index contributed by atoms with van der Waals surface area (Å²) in [6.07, 6.45) is 11.2. The average molecular weight is 488 g/mol. The van der Waals surface area contributed by atoms with Crippen LogP contribution in [-0.2, 0) is 0 Å². The number of nitrogens with two attached hydrogens (primary N) is 1. The van der Waals surface area contributed by atoms with Crippen molar-refractivity contribution in [1.29, 1.82) is 0 Å². The monoisotopic (exact) mass is 487 g/mol. The van der Waals surface area contributed by atoms with Crippen molar-refractivity contribution in [2.45, 2.75) is 31.2 Å². The quantitative estimate of drug-likeness (QED) is 0.412. The van der Waals surface area contributed by atoms with Gasteiger partial charge < -0.3 is 15.6 Å². The van der Waals surface area contributed by atoms with Crippen LogP contribution in [0, 0.1) is 24.0 Å². The number of terminal acetylenes is 1. The number of ether oxygens (including phenoxy) is 1. The molecular formula is C27H23F2N5O2. The minimum absolute atomic E-state index is 0.0136. The maximum absolute atomic E-state index is 16.0. The van der Waals surface area contributed by atoms with Crippen LogP contribution < -0.4 is 10.5 Å². The highest BCUT2D eigenvalue weighted by Crippen LogP contribution is 2.40. The van der Waals surface area contributed by atoms with Crippen LogP contribution in [0.2, 0.25) is 0 Å². The molecule has 2 aliphatic rings. The summed E-state index contributed by atoms with van der Waals surface area (Å²) in [5.74, 6) is 0.793. The van der Waals surface area contributed by atoms with Crippen LogP contribution in [0.3, 0.4) is 0 Å². The molecule has 2 aromatic carbocycles. The van der Waals surface area contributed by atoms with Crippen LogP contribution in [0.4, 0.5) is 14.6 Å². The molecule has 0 aliphatic carbocycles. The van der Waals surface area contributed by atoms with E-state index >= 15 is 4.39 Å². The first-order valence-corrected chi connectivity index (χ1v) is 11.8. The number of fused-ring (bicyclic) bond motifs is 3. The van der Waals surface area contributed by atoms with Crippen LogP contribution in [-0.4, -0.2) is 50.2 Å². The molecule has 0 amide bonds. The van der Waals surface area contributed by atoms with Crippen molar-refractivity contribution in [3.8, 4) is 35.4 Å². The lowest BCUT2D eigenvalue weighted by Crippen LogP contribution is -2.43. The van der Waals surface area contributed by atoms with Gasteiger partial charge in [-0.3, -0.25) is 9.88 Å². The van der Waals surface area contributed by atoms with Gasteiger partial charge in [0.1, 0.15) is 35.2 Å². The molecule has 9 heteroatoms. The van der Waals surface area contributed by atoms with Crippen molar-refractivity contribution < 1.29 is 18.6 Å². The van der Waals surface area contributed by atoms with E-state index in [1.807, 2.05) is 0 Å². The van der Waals surface area contributed by atoms with Gasteiger partial charge in [0.25, 0.3) is 0 Å². The molecule has 0 atom stereocenters. The van der Waals surface area contributed by atoms with E-state index < -0.39 is 11.6 Å². The summed E-state index contributed by atoms with van der Waals surface area (Å²) >= 11 is 0. The Balaban J connectivity index is 1.47. The molecule has 0 unspecified atom stereocenters. The van der Waals surface area contributed by atoms with Gasteiger partial charge in [-0.2, -0.15) is 9.97 Å². The van der Waals surface area contributed by atoms with Gasteiger partial charge in [0.2, 0.25) is 0 Å². The predicted molar refractivity (Wildman–Crippen MR) is 132 cm³/mol. The Morgan fingerprint density at radius 3 is 2.69 bits per heavy atom. The maximum atomic E-state index is 16.0. The second kappa shape index (κ2) is 8.28. The van der Waals surface area contributed by atoms with Crippen molar-refractivity contribution in [1.82, 2.24) is 19.9 Å². The second-order valence-electron chi connectivity index (χ2n) is 9.44.